The zero-order valence-corrected chi connectivity index (χ0v) is 10.6. The smallest absolute Gasteiger partial charge is 0.225 e. The number of pyridine rings is 1. The number of rotatable bonds is 1. The maximum atomic E-state index is 6.01. The second-order valence-corrected chi connectivity index (χ2v) is 4.87. The van der Waals surface area contributed by atoms with Gasteiger partial charge in [0.2, 0.25) is 5.28 Å². The van der Waals surface area contributed by atoms with E-state index in [0.29, 0.717) is 0 Å². The Bertz CT molecular complexity index is 573. The summed E-state index contributed by atoms with van der Waals surface area (Å²) in [7, 11) is 0. The predicted molar refractivity (Wildman–Crippen MR) is 71.8 cm³/mol. The van der Waals surface area contributed by atoms with E-state index < -0.39 is 0 Å². The van der Waals surface area contributed by atoms with Crippen LogP contribution in [-0.4, -0.2) is 34.1 Å². The topological polar surface area (TPSA) is 67.9 Å². The highest BCUT2D eigenvalue weighted by Gasteiger charge is 2.21. The summed E-state index contributed by atoms with van der Waals surface area (Å²) in [6.07, 6.45) is 3.87. The molecule has 0 radical (unpaired) electrons. The Morgan fingerprint density at radius 3 is 3.11 bits per heavy atom. The molecular weight excluding hydrogens is 250 g/mol. The zero-order valence-electron chi connectivity index (χ0n) is 9.88. The molecule has 0 aromatic carbocycles. The third-order valence-electron chi connectivity index (χ3n) is 3.17. The third-order valence-corrected chi connectivity index (χ3v) is 3.34. The number of fused-ring (bicyclic) bond motifs is 1. The van der Waals surface area contributed by atoms with Gasteiger partial charge in [-0.15, -0.1) is 0 Å². The van der Waals surface area contributed by atoms with Crippen LogP contribution in [0.4, 0.5) is 5.82 Å². The molecule has 1 unspecified atom stereocenters. The minimum Gasteiger partial charge on any atom is -0.353 e. The molecule has 0 bridgehead atoms. The lowest BCUT2D eigenvalue weighted by atomic mass is 10.1. The van der Waals surface area contributed by atoms with Gasteiger partial charge >= 0.3 is 0 Å². The fourth-order valence-corrected chi connectivity index (χ4v) is 2.52. The van der Waals surface area contributed by atoms with Gasteiger partial charge in [0.25, 0.3) is 0 Å². The van der Waals surface area contributed by atoms with Crippen LogP contribution in [0.1, 0.15) is 12.8 Å². The SMILES string of the molecule is NC1CCCN(c2nc(Cl)nc3cccnc23)C1. The first kappa shape index (κ1) is 11.6. The molecule has 94 valence electrons. The fraction of sp³-hybridized carbons (Fsp3) is 0.417. The summed E-state index contributed by atoms with van der Waals surface area (Å²) in [4.78, 5) is 15.0. The maximum absolute atomic E-state index is 6.01. The van der Waals surface area contributed by atoms with Crippen molar-refractivity contribution in [3.05, 3.63) is 23.6 Å². The molecule has 2 aromatic heterocycles. The van der Waals surface area contributed by atoms with Crippen molar-refractivity contribution in [3.63, 3.8) is 0 Å². The van der Waals surface area contributed by atoms with Crippen molar-refractivity contribution in [2.75, 3.05) is 18.0 Å². The van der Waals surface area contributed by atoms with E-state index in [9.17, 15) is 0 Å². The monoisotopic (exact) mass is 263 g/mol. The summed E-state index contributed by atoms with van der Waals surface area (Å²) in [5.74, 6) is 0.792. The van der Waals surface area contributed by atoms with Gasteiger partial charge in [-0.3, -0.25) is 4.98 Å². The van der Waals surface area contributed by atoms with Crippen LogP contribution >= 0.6 is 11.6 Å². The lowest BCUT2D eigenvalue weighted by Crippen LogP contribution is -2.43. The lowest BCUT2D eigenvalue weighted by molar-refractivity contribution is 0.504. The van der Waals surface area contributed by atoms with Crippen LogP contribution in [-0.2, 0) is 0 Å². The first-order chi connectivity index (χ1) is 8.74. The van der Waals surface area contributed by atoms with E-state index in [4.69, 9.17) is 17.3 Å². The van der Waals surface area contributed by atoms with Gasteiger partial charge in [0.1, 0.15) is 5.52 Å². The largest absolute Gasteiger partial charge is 0.353 e. The molecule has 2 aromatic rings. The Labute approximate surface area is 110 Å². The van der Waals surface area contributed by atoms with Gasteiger partial charge in [-0.25, -0.2) is 4.98 Å². The molecule has 0 saturated carbocycles. The Balaban J connectivity index is 2.09. The number of halogens is 1. The van der Waals surface area contributed by atoms with E-state index in [0.717, 1.165) is 42.8 Å². The van der Waals surface area contributed by atoms with Crippen LogP contribution in [0.5, 0.6) is 0 Å². The number of aromatic nitrogens is 3. The highest BCUT2D eigenvalue weighted by Crippen LogP contribution is 2.25. The first-order valence-electron chi connectivity index (χ1n) is 6.03. The number of hydrogen-bond acceptors (Lipinski definition) is 5. The highest BCUT2D eigenvalue weighted by atomic mass is 35.5. The quantitative estimate of drug-likeness (QED) is 0.792. The summed E-state index contributed by atoms with van der Waals surface area (Å²) in [5, 5.41) is 0.254. The van der Waals surface area contributed by atoms with Crippen molar-refractivity contribution in [2.45, 2.75) is 18.9 Å². The normalized spacial score (nSPS) is 20.3. The van der Waals surface area contributed by atoms with Crippen LogP contribution in [0.3, 0.4) is 0 Å². The Morgan fingerprint density at radius 2 is 2.28 bits per heavy atom. The van der Waals surface area contributed by atoms with Crippen LogP contribution in [0.2, 0.25) is 5.28 Å². The molecule has 2 N–H and O–H groups in total. The van der Waals surface area contributed by atoms with Gasteiger partial charge < -0.3 is 10.6 Å². The Hall–Kier alpha value is -1.46. The average Bonchev–Trinajstić information content (AvgIpc) is 2.37. The van der Waals surface area contributed by atoms with E-state index in [2.05, 4.69) is 19.9 Å². The van der Waals surface area contributed by atoms with E-state index >= 15 is 0 Å². The molecule has 3 heterocycles. The first-order valence-corrected chi connectivity index (χ1v) is 6.40. The number of piperidine rings is 1. The van der Waals surface area contributed by atoms with E-state index in [1.807, 2.05) is 12.1 Å². The van der Waals surface area contributed by atoms with Gasteiger partial charge in [-0.05, 0) is 36.6 Å². The molecule has 3 rings (SSSR count). The van der Waals surface area contributed by atoms with Gasteiger partial charge in [0, 0.05) is 25.3 Å². The molecule has 0 spiro atoms. The van der Waals surface area contributed by atoms with Gasteiger partial charge in [0.15, 0.2) is 5.82 Å². The molecule has 5 nitrogen and oxygen atoms in total. The molecule has 1 fully saturated rings. The molecule has 6 heteroatoms. The molecule has 1 aliphatic heterocycles. The molecule has 1 aliphatic rings. The summed E-state index contributed by atoms with van der Waals surface area (Å²) in [5.41, 5.74) is 7.56. The van der Waals surface area contributed by atoms with Crippen molar-refractivity contribution in [2.24, 2.45) is 5.73 Å². The van der Waals surface area contributed by atoms with Crippen molar-refractivity contribution < 1.29 is 0 Å². The molecule has 0 aliphatic carbocycles. The van der Waals surface area contributed by atoms with Gasteiger partial charge in [-0.2, -0.15) is 4.98 Å². The van der Waals surface area contributed by atoms with E-state index in [-0.39, 0.29) is 11.3 Å². The summed E-state index contributed by atoms with van der Waals surface area (Å²) in [6.45, 7) is 1.73. The van der Waals surface area contributed by atoms with E-state index in [1.165, 1.54) is 0 Å². The highest BCUT2D eigenvalue weighted by molar-refractivity contribution is 6.28. The minimum absolute atomic E-state index is 0.186. The van der Waals surface area contributed by atoms with Crippen LogP contribution in [0.25, 0.3) is 11.0 Å². The van der Waals surface area contributed by atoms with E-state index in [1.54, 1.807) is 6.20 Å². The average molecular weight is 264 g/mol. The van der Waals surface area contributed by atoms with Crippen molar-refractivity contribution in [1.82, 2.24) is 15.0 Å². The van der Waals surface area contributed by atoms with Crippen molar-refractivity contribution >= 4 is 28.5 Å². The molecule has 18 heavy (non-hydrogen) atoms. The molecule has 1 atom stereocenters. The van der Waals surface area contributed by atoms with Crippen LogP contribution in [0, 0.1) is 0 Å². The summed E-state index contributed by atoms with van der Waals surface area (Å²) in [6, 6.07) is 3.92. The molecule has 0 amide bonds. The van der Waals surface area contributed by atoms with Gasteiger partial charge in [0.05, 0.1) is 5.52 Å². The Morgan fingerprint density at radius 1 is 1.39 bits per heavy atom. The lowest BCUT2D eigenvalue weighted by Gasteiger charge is -2.31. The van der Waals surface area contributed by atoms with Crippen molar-refractivity contribution in [1.29, 1.82) is 0 Å². The minimum atomic E-state index is 0.186. The van der Waals surface area contributed by atoms with Crippen LogP contribution in [0.15, 0.2) is 18.3 Å². The van der Waals surface area contributed by atoms with Crippen molar-refractivity contribution in [3.8, 4) is 0 Å². The Kier molecular flexibility index (Phi) is 3.01. The predicted octanol–water partition coefficient (Wildman–Crippen LogP) is 1.61. The second kappa shape index (κ2) is 4.66. The second-order valence-electron chi connectivity index (χ2n) is 4.54. The number of anilines is 1. The number of nitrogens with zero attached hydrogens (tertiary/aromatic N) is 4. The number of hydrogen-bond donors (Lipinski definition) is 1. The maximum Gasteiger partial charge on any atom is 0.225 e. The molecule has 1 saturated heterocycles. The van der Waals surface area contributed by atoms with Gasteiger partial charge in [-0.1, -0.05) is 0 Å². The number of nitrogens with two attached hydrogens (primary N) is 1. The molecular formula is C12H14ClN5. The summed E-state index contributed by atoms with van der Waals surface area (Å²) < 4.78 is 0. The fourth-order valence-electron chi connectivity index (χ4n) is 2.35. The van der Waals surface area contributed by atoms with Crippen LogP contribution < -0.4 is 10.6 Å². The summed E-state index contributed by atoms with van der Waals surface area (Å²) >= 11 is 5.97. The standard InChI is InChI=1S/C12H14ClN5/c13-12-16-9-4-1-5-15-10(9)11(17-12)18-6-2-3-8(14)7-18/h1,4-5,8H,2-3,6-7,14H2. The third kappa shape index (κ3) is 2.11. The zero-order chi connectivity index (χ0) is 12.5.